The van der Waals surface area contributed by atoms with Gasteiger partial charge in [0, 0.05) is 71.9 Å². The molecule has 0 saturated carbocycles. The molecule has 286 valence electrons. The van der Waals surface area contributed by atoms with Crippen LogP contribution >= 0.6 is 0 Å². The SMILES string of the molecule is CC(C)(C)c1ccc(N2C3=C(B4c5c(cc(C(C)(C)C)cc52)-c2cccc5c6cc7c(cc6n4c25)c2ccccc2n7-c2ccccc2)C(C)(C)c2ccccc23)cc1. The quantitative estimate of drug-likeness (QED) is 0.160. The van der Waals surface area contributed by atoms with Crippen LogP contribution < -0.4 is 10.4 Å². The van der Waals surface area contributed by atoms with E-state index in [1.54, 1.807) is 0 Å². The molecule has 4 heteroatoms. The van der Waals surface area contributed by atoms with E-state index in [-0.39, 0.29) is 23.1 Å². The van der Waals surface area contributed by atoms with Crippen LogP contribution in [0.4, 0.5) is 11.4 Å². The van der Waals surface area contributed by atoms with Crippen LogP contribution in [0.3, 0.4) is 0 Å². The zero-order chi connectivity index (χ0) is 40.3. The average molecular weight is 762 g/mol. The monoisotopic (exact) mass is 761 g/mol. The van der Waals surface area contributed by atoms with Crippen LogP contribution in [0.25, 0.3) is 66.1 Å². The van der Waals surface area contributed by atoms with Gasteiger partial charge in [0.2, 0.25) is 0 Å². The van der Waals surface area contributed by atoms with Crippen LogP contribution in [-0.2, 0) is 16.2 Å². The van der Waals surface area contributed by atoms with E-state index in [4.69, 9.17) is 0 Å². The van der Waals surface area contributed by atoms with Crippen molar-refractivity contribution < 1.29 is 0 Å². The summed E-state index contributed by atoms with van der Waals surface area (Å²) in [6, 6.07) is 55.6. The lowest BCUT2D eigenvalue weighted by atomic mass is 9.40. The maximum absolute atomic E-state index is 2.76. The summed E-state index contributed by atoms with van der Waals surface area (Å²) in [7, 11) is 0. The Labute approximate surface area is 347 Å². The molecule has 12 rings (SSSR count). The summed E-state index contributed by atoms with van der Waals surface area (Å²) < 4.78 is 5.22. The van der Waals surface area contributed by atoms with Crippen molar-refractivity contribution >= 4 is 73.0 Å². The lowest BCUT2D eigenvalue weighted by Gasteiger charge is -2.43. The van der Waals surface area contributed by atoms with E-state index in [0.717, 1.165) is 0 Å². The van der Waals surface area contributed by atoms with Gasteiger partial charge in [-0.15, -0.1) is 0 Å². The Morgan fingerprint density at radius 1 is 0.492 bits per heavy atom. The highest BCUT2D eigenvalue weighted by Gasteiger charge is 2.53. The number of rotatable bonds is 2. The second-order valence-corrected chi connectivity index (χ2v) is 19.8. The van der Waals surface area contributed by atoms with Crippen molar-refractivity contribution in [2.45, 2.75) is 71.6 Å². The summed E-state index contributed by atoms with van der Waals surface area (Å²) in [5, 5.41) is 5.18. The van der Waals surface area contributed by atoms with Gasteiger partial charge in [-0.1, -0.05) is 152 Å². The minimum Gasteiger partial charge on any atom is -0.376 e. The Bertz CT molecular complexity index is 3310. The Morgan fingerprint density at radius 2 is 1.14 bits per heavy atom. The van der Waals surface area contributed by atoms with Gasteiger partial charge in [-0.05, 0) is 92.5 Å². The van der Waals surface area contributed by atoms with Crippen molar-refractivity contribution in [2.75, 3.05) is 4.90 Å². The Morgan fingerprint density at radius 3 is 1.90 bits per heavy atom. The van der Waals surface area contributed by atoms with Gasteiger partial charge in [0.15, 0.2) is 0 Å². The van der Waals surface area contributed by atoms with Gasteiger partial charge in [0.05, 0.1) is 11.0 Å². The molecule has 0 saturated heterocycles. The third-order valence-electron chi connectivity index (χ3n) is 14.0. The van der Waals surface area contributed by atoms with Crippen molar-refractivity contribution in [2.24, 2.45) is 0 Å². The number of benzene rings is 7. The standard InChI is InChI=1S/C55H48BN3/c1-53(2,3)33-25-27-36(28-26-33)58-48-30-34(54(4,5)6)29-43-39-22-16-21-38-42-31-46-41(37-19-13-15-24-45(37)57(46)35-17-10-9-11-18-35)32-47(42)59(50(38)39)56(49(43)48)52-51(58)40-20-12-14-23-44(40)55(52,7)8/h9-32H,1-8H3. The van der Waals surface area contributed by atoms with Crippen molar-refractivity contribution in [3.63, 3.8) is 0 Å². The van der Waals surface area contributed by atoms with Crippen LogP contribution in [0.1, 0.15) is 77.6 Å². The number of nitrogens with zero attached hydrogens (tertiary/aromatic N) is 3. The van der Waals surface area contributed by atoms with E-state index in [0.29, 0.717) is 0 Å². The van der Waals surface area contributed by atoms with E-state index in [2.05, 4.69) is 215 Å². The van der Waals surface area contributed by atoms with E-state index in [9.17, 15) is 0 Å². The first-order valence-corrected chi connectivity index (χ1v) is 21.3. The Balaban J connectivity index is 1.25. The van der Waals surface area contributed by atoms with Gasteiger partial charge in [0.1, 0.15) is 0 Å². The first kappa shape index (κ1) is 34.8. The van der Waals surface area contributed by atoms with Gasteiger partial charge in [-0.2, -0.15) is 0 Å². The Hall–Kier alpha value is -6.26. The highest BCUT2D eigenvalue weighted by atomic mass is 15.2. The zero-order valence-electron chi connectivity index (χ0n) is 35.3. The fraction of sp³-hybridized carbons (Fsp3) is 0.200. The zero-order valence-corrected chi connectivity index (χ0v) is 35.3. The predicted octanol–water partition coefficient (Wildman–Crippen LogP) is 13.6. The number of anilines is 2. The number of para-hydroxylation sites is 3. The third-order valence-corrected chi connectivity index (χ3v) is 14.0. The molecule has 0 N–H and O–H groups in total. The average Bonchev–Trinajstić information content (AvgIpc) is 3.81. The van der Waals surface area contributed by atoms with Crippen LogP contribution in [0.2, 0.25) is 0 Å². The molecule has 0 bridgehead atoms. The molecule has 0 amide bonds. The number of fused-ring (bicyclic) bond motifs is 11. The fourth-order valence-corrected chi connectivity index (χ4v) is 11.1. The van der Waals surface area contributed by atoms with E-state index in [1.807, 2.05) is 0 Å². The second kappa shape index (κ2) is 11.5. The summed E-state index contributed by atoms with van der Waals surface area (Å²) in [5.74, 6) is 0. The second-order valence-electron chi connectivity index (χ2n) is 19.8. The molecule has 0 unspecified atom stereocenters. The molecule has 4 heterocycles. The maximum atomic E-state index is 2.76. The number of hydrogen-bond donors (Lipinski definition) is 0. The lowest BCUT2D eigenvalue weighted by molar-refractivity contribution is 0.590. The van der Waals surface area contributed by atoms with E-state index in [1.165, 1.54) is 111 Å². The molecule has 2 aromatic heterocycles. The first-order chi connectivity index (χ1) is 28.3. The number of hydrogen-bond acceptors (Lipinski definition) is 1. The van der Waals surface area contributed by atoms with Crippen molar-refractivity contribution in [3.05, 3.63) is 173 Å². The fourth-order valence-electron chi connectivity index (χ4n) is 11.1. The predicted molar refractivity (Wildman–Crippen MR) is 252 cm³/mol. The molecule has 2 aliphatic heterocycles. The van der Waals surface area contributed by atoms with Crippen LogP contribution in [0.15, 0.2) is 151 Å². The third kappa shape index (κ3) is 4.55. The molecule has 0 fully saturated rings. The van der Waals surface area contributed by atoms with Gasteiger partial charge in [-0.3, -0.25) is 0 Å². The molecule has 3 nitrogen and oxygen atoms in total. The molecule has 1 aliphatic carbocycles. The highest BCUT2D eigenvalue weighted by Crippen LogP contribution is 2.57. The molecular formula is C55H48BN3. The molecule has 7 aromatic carbocycles. The van der Waals surface area contributed by atoms with Gasteiger partial charge < -0.3 is 13.9 Å². The summed E-state index contributed by atoms with van der Waals surface area (Å²) >= 11 is 0. The lowest BCUT2D eigenvalue weighted by Crippen LogP contribution is -2.52. The first-order valence-electron chi connectivity index (χ1n) is 21.3. The van der Waals surface area contributed by atoms with Crippen LogP contribution in [0, 0.1) is 0 Å². The number of allylic oxidation sites excluding steroid dienone is 1. The summed E-state index contributed by atoms with van der Waals surface area (Å²) in [4.78, 5) is 2.64. The van der Waals surface area contributed by atoms with E-state index >= 15 is 0 Å². The summed E-state index contributed by atoms with van der Waals surface area (Å²) in [5.41, 5.74) is 20.9. The molecule has 0 atom stereocenters. The minimum atomic E-state index is -0.236. The van der Waals surface area contributed by atoms with Gasteiger partial charge in [0.25, 0.3) is 0 Å². The molecule has 0 spiro atoms. The van der Waals surface area contributed by atoms with Crippen molar-refractivity contribution in [3.8, 4) is 16.8 Å². The van der Waals surface area contributed by atoms with Crippen LogP contribution in [-0.4, -0.2) is 15.9 Å². The topological polar surface area (TPSA) is 13.1 Å². The van der Waals surface area contributed by atoms with Gasteiger partial charge >= 0.3 is 6.85 Å². The van der Waals surface area contributed by atoms with Crippen LogP contribution in [0.5, 0.6) is 0 Å². The maximum Gasteiger partial charge on any atom is 0.329 e. The van der Waals surface area contributed by atoms with Crippen molar-refractivity contribution in [1.82, 2.24) is 9.05 Å². The molecule has 59 heavy (non-hydrogen) atoms. The van der Waals surface area contributed by atoms with E-state index < -0.39 is 0 Å². The van der Waals surface area contributed by atoms with Crippen molar-refractivity contribution in [1.29, 1.82) is 0 Å². The Kier molecular flexibility index (Phi) is 6.76. The largest absolute Gasteiger partial charge is 0.376 e. The highest BCUT2D eigenvalue weighted by molar-refractivity contribution is 6.85. The minimum absolute atomic E-state index is 0.00802. The molecule has 9 aromatic rings. The number of aromatic nitrogens is 2. The molecule has 0 radical (unpaired) electrons. The van der Waals surface area contributed by atoms with Gasteiger partial charge in [-0.25, -0.2) is 0 Å². The molecule has 3 aliphatic rings. The summed E-state index contributed by atoms with van der Waals surface area (Å²) in [6.07, 6.45) is 0. The smallest absolute Gasteiger partial charge is 0.329 e. The summed E-state index contributed by atoms with van der Waals surface area (Å²) in [6.45, 7) is 18.9. The normalized spacial score (nSPS) is 15.5. The molecular weight excluding hydrogens is 713 g/mol.